The lowest BCUT2D eigenvalue weighted by Gasteiger charge is -2.06. The van der Waals surface area contributed by atoms with Crippen molar-refractivity contribution >= 4 is 16.5 Å². The minimum absolute atomic E-state index is 0.0318. The summed E-state index contributed by atoms with van der Waals surface area (Å²) in [5.41, 5.74) is 0.625. The molecule has 0 radical (unpaired) electrons. The third-order valence-corrected chi connectivity index (χ3v) is 2.56. The van der Waals surface area contributed by atoms with E-state index < -0.39 is 12.6 Å². The predicted octanol–water partition coefficient (Wildman–Crippen LogP) is 2.44. The van der Waals surface area contributed by atoms with Crippen LogP contribution in [0, 0.1) is 0 Å². The van der Waals surface area contributed by atoms with Gasteiger partial charge in [0.05, 0.1) is 6.61 Å². The monoisotopic (exact) mass is 255 g/mol. The van der Waals surface area contributed by atoms with Gasteiger partial charge in [-0.2, -0.15) is 13.2 Å². The quantitative estimate of drug-likeness (QED) is 0.793. The number of anilines is 1. The highest BCUT2D eigenvalue weighted by Crippen LogP contribution is 2.21. The summed E-state index contributed by atoms with van der Waals surface area (Å²) in [5.74, 6) is 0. The molecule has 4 nitrogen and oxygen atoms in total. The minimum atomic E-state index is -4.11. The second-order valence-corrected chi connectivity index (χ2v) is 3.82. The van der Waals surface area contributed by atoms with Crippen molar-refractivity contribution in [2.75, 3.05) is 19.0 Å². The zero-order chi connectivity index (χ0) is 12.0. The highest BCUT2D eigenvalue weighted by Gasteiger charge is 2.25. The van der Waals surface area contributed by atoms with Gasteiger partial charge in [-0.25, -0.2) is 0 Å². The molecular formula is C8H12F3N3OS. The first-order valence-corrected chi connectivity index (χ1v) is 5.44. The fourth-order valence-electron chi connectivity index (χ4n) is 1.04. The first-order chi connectivity index (χ1) is 7.53. The summed E-state index contributed by atoms with van der Waals surface area (Å²) in [6, 6.07) is 0. The van der Waals surface area contributed by atoms with Gasteiger partial charge in [0.1, 0.15) is 10.7 Å². The molecule has 8 heteroatoms. The van der Waals surface area contributed by atoms with E-state index in [0.717, 1.165) is 5.00 Å². The van der Waals surface area contributed by atoms with E-state index in [1.807, 2.05) is 0 Å². The van der Waals surface area contributed by atoms with E-state index in [9.17, 15) is 13.2 Å². The van der Waals surface area contributed by atoms with Gasteiger partial charge in [-0.05, 0) is 6.42 Å². The maximum absolute atomic E-state index is 11.8. The van der Waals surface area contributed by atoms with Crippen LogP contribution in [0.15, 0.2) is 0 Å². The van der Waals surface area contributed by atoms with E-state index in [4.69, 9.17) is 4.74 Å². The summed E-state index contributed by atoms with van der Waals surface area (Å²) in [5, 5.41) is 7.44. The Morgan fingerprint density at radius 3 is 2.81 bits per heavy atom. The summed E-state index contributed by atoms with van der Waals surface area (Å²) in [6.07, 6.45) is -4.96. The molecule has 1 rings (SSSR count). The van der Waals surface area contributed by atoms with Crippen LogP contribution in [0.25, 0.3) is 0 Å². The minimum Gasteiger partial charge on any atom is -0.377 e. The van der Waals surface area contributed by atoms with Gasteiger partial charge in [0.15, 0.2) is 0 Å². The van der Waals surface area contributed by atoms with Gasteiger partial charge in [-0.15, -0.1) is 5.10 Å². The average Bonchev–Trinajstić information content (AvgIpc) is 2.63. The molecule has 1 N–H and O–H groups in total. The van der Waals surface area contributed by atoms with Crippen LogP contribution in [0.2, 0.25) is 0 Å². The summed E-state index contributed by atoms with van der Waals surface area (Å²) in [7, 11) is 1.72. The number of nitrogens with zero attached hydrogens (tertiary/aromatic N) is 2. The highest BCUT2D eigenvalue weighted by atomic mass is 32.1. The largest absolute Gasteiger partial charge is 0.389 e. The third kappa shape index (κ3) is 4.75. The summed E-state index contributed by atoms with van der Waals surface area (Å²) in [4.78, 5) is 0. The summed E-state index contributed by atoms with van der Waals surface area (Å²) in [6.45, 7) is 0.255. The van der Waals surface area contributed by atoms with E-state index in [2.05, 4.69) is 14.9 Å². The SMILES string of the molecule is CNc1snnc1COCCCC(F)(F)F. The molecular weight excluding hydrogens is 243 g/mol. The topological polar surface area (TPSA) is 47.0 Å². The van der Waals surface area contributed by atoms with Crippen molar-refractivity contribution in [2.24, 2.45) is 0 Å². The molecule has 1 aromatic rings. The van der Waals surface area contributed by atoms with E-state index >= 15 is 0 Å². The predicted molar refractivity (Wildman–Crippen MR) is 54.4 cm³/mol. The molecule has 1 heterocycles. The fourth-order valence-corrected chi connectivity index (χ4v) is 1.55. The molecule has 0 amide bonds. The Kier molecular flexibility index (Phi) is 4.94. The smallest absolute Gasteiger partial charge is 0.377 e. The molecule has 0 unspecified atom stereocenters. The molecule has 0 atom stereocenters. The Labute approximate surface area is 95.0 Å². The van der Waals surface area contributed by atoms with Crippen molar-refractivity contribution in [3.63, 3.8) is 0 Å². The van der Waals surface area contributed by atoms with Crippen LogP contribution in [-0.2, 0) is 11.3 Å². The number of rotatable bonds is 6. The van der Waals surface area contributed by atoms with Crippen molar-refractivity contribution in [1.29, 1.82) is 0 Å². The number of aromatic nitrogens is 2. The third-order valence-electron chi connectivity index (χ3n) is 1.77. The molecule has 0 saturated heterocycles. The molecule has 0 fully saturated rings. The lowest BCUT2D eigenvalue weighted by atomic mass is 10.3. The Balaban J connectivity index is 2.16. The molecule has 0 spiro atoms. The number of ether oxygens (including phenoxy) is 1. The fraction of sp³-hybridized carbons (Fsp3) is 0.750. The first-order valence-electron chi connectivity index (χ1n) is 4.66. The van der Waals surface area contributed by atoms with Crippen molar-refractivity contribution < 1.29 is 17.9 Å². The van der Waals surface area contributed by atoms with Crippen LogP contribution < -0.4 is 5.32 Å². The zero-order valence-electron chi connectivity index (χ0n) is 8.67. The van der Waals surface area contributed by atoms with Crippen molar-refractivity contribution in [1.82, 2.24) is 9.59 Å². The van der Waals surface area contributed by atoms with Gasteiger partial charge in [0.2, 0.25) is 0 Å². The first kappa shape index (κ1) is 13.2. The van der Waals surface area contributed by atoms with Gasteiger partial charge in [-0.3, -0.25) is 0 Å². The average molecular weight is 255 g/mol. The van der Waals surface area contributed by atoms with Crippen LogP contribution in [0.4, 0.5) is 18.2 Å². The van der Waals surface area contributed by atoms with E-state index in [1.54, 1.807) is 7.05 Å². The maximum atomic E-state index is 11.8. The lowest BCUT2D eigenvalue weighted by molar-refractivity contribution is -0.138. The second kappa shape index (κ2) is 6.00. The Morgan fingerprint density at radius 1 is 1.44 bits per heavy atom. The lowest BCUT2D eigenvalue weighted by Crippen LogP contribution is -2.09. The van der Waals surface area contributed by atoms with Crippen molar-refractivity contribution in [3.05, 3.63) is 5.69 Å². The zero-order valence-corrected chi connectivity index (χ0v) is 9.49. The number of nitrogens with one attached hydrogen (secondary N) is 1. The standard InChI is InChI=1S/C8H12F3N3OS/c1-12-7-6(13-14-16-7)5-15-4-2-3-8(9,10)11/h12H,2-5H2,1H3. The maximum Gasteiger partial charge on any atom is 0.389 e. The number of alkyl halides is 3. The van der Waals surface area contributed by atoms with E-state index in [-0.39, 0.29) is 19.6 Å². The van der Waals surface area contributed by atoms with Gasteiger partial charge in [-0.1, -0.05) is 4.49 Å². The van der Waals surface area contributed by atoms with Crippen molar-refractivity contribution in [2.45, 2.75) is 25.6 Å². The summed E-state index contributed by atoms with van der Waals surface area (Å²) < 4.78 is 44.1. The number of hydrogen-bond acceptors (Lipinski definition) is 5. The molecule has 92 valence electrons. The second-order valence-electron chi connectivity index (χ2n) is 3.07. The van der Waals surface area contributed by atoms with Gasteiger partial charge in [0, 0.05) is 31.6 Å². The number of halogens is 3. The van der Waals surface area contributed by atoms with Gasteiger partial charge < -0.3 is 10.1 Å². The molecule has 16 heavy (non-hydrogen) atoms. The van der Waals surface area contributed by atoms with Crippen LogP contribution in [0.3, 0.4) is 0 Å². The Morgan fingerprint density at radius 2 is 2.19 bits per heavy atom. The van der Waals surface area contributed by atoms with Crippen LogP contribution in [0.5, 0.6) is 0 Å². The molecule has 0 bridgehead atoms. The van der Waals surface area contributed by atoms with Gasteiger partial charge in [0.25, 0.3) is 0 Å². The van der Waals surface area contributed by atoms with Gasteiger partial charge >= 0.3 is 6.18 Å². The highest BCUT2D eigenvalue weighted by molar-refractivity contribution is 7.10. The van der Waals surface area contributed by atoms with E-state index in [0.29, 0.717) is 5.69 Å². The molecule has 0 aliphatic carbocycles. The molecule has 0 saturated carbocycles. The molecule has 0 aliphatic heterocycles. The van der Waals surface area contributed by atoms with Crippen molar-refractivity contribution in [3.8, 4) is 0 Å². The molecule has 0 aliphatic rings. The Hall–Kier alpha value is -0.890. The van der Waals surface area contributed by atoms with Crippen LogP contribution >= 0.6 is 11.5 Å². The molecule has 1 aromatic heterocycles. The Bertz CT molecular complexity index is 316. The van der Waals surface area contributed by atoms with E-state index in [1.165, 1.54) is 11.5 Å². The normalized spacial score (nSPS) is 11.8. The summed E-state index contributed by atoms with van der Waals surface area (Å²) >= 11 is 1.19. The number of hydrogen-bond donors (Lipinski definition) is 1. The molecule has 0 aromatic carbocycles. The van der Waals surface area contributed by atoms with Crippen LogP contribution in [-0.4, -0.2) is 29.4 Å². The van der Waals surface area contributed by atoms with Crippen LogP contribution in [0.1, 0.15) is 18.5 Å².